The largest absolute Gasteiger partial charge is 0.369 e. The van der Waals surface area contributed by atoms with Crippen LogP contribution in [0.5, 0.6) is 0 Å². The van der Waals surface area contributed by atoms with Crippen molar-refractivity contribution >= 4 is 33.0 Å². The van der Waals surface area contributed by atoms with Crippen molar-refractivity contribution in [2.45, 2.75) is 25.8 Å². The lowest BCUT2D eigenvalue weighted by molar-refractivity contribution is 0.657. The van der Waals surface area contributed by atoms with Crippen molar-refractivity contribution in [2.75, 3.05) is 5.73 Å². The molecule has 0 spiro atoms. The molecule has 2 N–H and O–H groups in total. The maximum atomic E-state index is 5.96. The summed E-state index contributed by atoms with van der Waals surface area (Å²) in [6, 6.07) is 2.46. The first-order valence-corrected chi connectivity index (χ1v) is 6.29. The van der Waals surface area contributed by atoms with Crippen molar-refractivity contribution in [3.63, 3.8) is 0 Å². The second-order valence-corrected chi connectivity index (χ2v) is 5.22. The fraction of sp³-hybridized carbons (Fsp3) is 0.455. The number of pyridine rings is 1. The average Bonchev–Trinajstić information content (AvgIpc) is 2.94. The number of nitrogens with two attached hydrogens (primary N) is 1. The van der Waals surface area contributed by atoms with Gasteiger partial charge in [0.15, 0.2) is 5.65 Å². The minimum Gasteiger partial charge on any atom is -0.369 e. The summed E-state index contributed by atoms with van der Waals surface area (Å²) in [5.74, 6) is 1.33. The Morgan fingerprint density at radius 2 is 2.44 bits per heavy atom. The fourth-order valence-corrected chi connectivity index (χ4v) is 2.61. The Balaban J connectivity index is 2.13. The molecular formula is C11H13BrN4. The number of aromatic nitrogens is 3. The molecule has 16 heavy (non-hydrogen) atoms. The van der Waals surface area contributed by atoms with E-state index in [1.54, 1.807) is 6.20 Å². The molecule has 2 aromatic heterocycles. The molecule has 5 heteroatoms. The van der Waals surface area contributed by atoms with Gasteiger partial charge in [-0.3, -0.25) is 4.57 Å². The Kier molecular flexibility index (Phi) is 2.17. The van der Waals surface area contributed by atoms with Crippen LogP contribution in [0.15, 0.2) is 16.7 Å². The molecule has 0 amide bonds. The predicted molar refractivity (Wildman–Crippen MR) is 67.1 cm³/mol. The summed E-state index contributed by atoms with van der Waals surface area (Å²) in [6.45, 7) is 2.21. The number of nitrogen functional groups attached to an aromatic ring is 1. The Bertz CT molecular complexity index is 548. The van der Waals surface area contributed by atoms with Crippen molar-refractivity contribution in [1.82, 2.24) is 14.5 Å². The van der Waals surface area contributed by atoms with Crippen LogP contribution >= 0.6 is 15.9 Å². The van der Waals surface area contributed by atoms with E-state index in [0.717, 1.165) is 21.6 Å². The zero-order chi connectivity index (χ0) is 11.3. The van der Waals surface area contributed by atoms with E-state index in [1.165, 1.54) is 12.8 Å². The normalized spacial score (nSPS) is 23.9. The first-order valence-electron chi connectivity index (χ1n) is 5.49. The van der Waals surface area contributed by atoms with Crippen LogP contribution in [-0.2, 0) is 0 Å². The van der Waals surface area contributed by atoms with Gasteiger partial charge < -0.3 is 5.73 Å². The molecule has 2 unspecified atom stereocenters. The predicted octanol–water partition coefficient (Wildman–Crippen LogP) is 2.75. The minimum absolute atomic E-state index is 0.503. The first kappa shape index (κ1) is 10.1. The van der Waals surface area contributed by atoms with Crippen molar-refractivity contribution < 1.29 is 0 Å². The van der Waals surface area contributed by atoms with Crippen LogP contribution in [-0.4, -0.2) is 14.5 Å². The molecule has 1 fully saturated rings. The van der Waals surface area contributed by atoms with Crippen LogP contribution in [0.1, 0.15) is 25.8 Å². The molecule has 2 heterocycles. The number of imidazole rings is 1. The molecule has 0 aromatic carbocycles. The van der Waals surface area contributed by atoms with E-state index < -0.39 is 0 Å². The van der Waals surface area contributed by atoms with Gasteiger partial charge in [-0.1, -0.05) is 13.3 Å². The van der Waals surface area contributed by atoms with Crippen molar-refractivity contribution in [3.8, 4) is 0 Å². The van der Waals surface area contributed by atoms with Gasteiger partial charge in [-0.25, -0.2) is 9.97 Å². The number of hydrogen-bond acceptors (Lipinski definition) is 3. The van der Waals surface area contributed by atoms with Gasteiger partial charge in [-0.15, -0.1) is 0 Å². The van der Waals surface area contributed by atoms with Crippen LogP contribution in [0.4, 0.5) is 5.95 Å². The van der Waals surface area contributed by atoms with E-state index in [2.05, 4.69) is 37.4 Å². The second kappa shape index (κ2) is 3.45. The van der Waals surface area contributed by atoms with E-state index in [0.29, 0.717) is 12.0 Å². The van der Waals surface area contributed by atoms with Gasteiger partial charge >= 0.3 is 0 Å². The zero-order valence-electron chi connectivity index (χ0n) is 9.02. The second-order valence-electron chi connectivity index (χ2n) is 4.31. The Morgan fingerprint density at radius 3 is 3.12 bits per heavy atom. The number of rotatable bonds is 2. The van der Waals surface area contributed by atoms with E-state index in [4.69, 9.17) is 5.73 Å². The monoisotopic (exact) mass is 280 g/mol. The van der Waals surface area contributed by atoms with Crippen molar-refractivity contribution in [2.24, 2.45) is 5.92 Å². The standard InChI is InChI=1S/C11H13BrN4/c1-2-6-3-9(6)16-10-8(15-11(16)13)4-7(12)5-14-10/h4-6,9H,2-3H2,1H3,(H2,13,15). The molecular weight excluding hydrogens is 268 g/mol. The Hall–Kier alpha value is -1.10. The highest BCUT2D eigenvalue weighted by molar-refractivity contribution is 9.10. The van der Waals surface area contributed by atoms with E-state index in [-0.39, 0.29) is 0 Å². The molecule has 3 rings (SSSR count). The number of hydrogen-bond donors (Lipinski definition) is 1. The molecule has 84 valence electrons. The van der Waals surface area contributed by atoms with Crippen molar-refractivity contribution in [3.05, 3.63) is 16.7 Å². The van der Waals surface area contributed by atoms with Gasteiger partial charge in [0, 0.05) is 16.7 Å². The lowest BCUT2D eigenvalue weighted by Crippen LogP contribution is -2.03. The van der Waals surface area contributed by atoms with Crippen LogP contribution < -0.4 is 5.73 Å². The molecule has 2 aromatic rings. The SMILES string of the molecule is CCC1CC1n1c(N)nc2cc(Br)cnc21. The molecule has 0 aliphatic heterocycles. The van der Waals surface area contributed by atoms with Gasteiger partial charge in [0.2, 0.25) is 5.95 Å². The molecule has 2 atom stereocenters. The summed E-state index contributed by atoms with van der Waals surface area (Å²) in [7, 11) is 0. The van der Waals surface area contributed by atoms with Gasteiger partial charge in [-0.05, 0) is 34.3 Å². The van der Waals surface area contributed by atoms with Gasteiger partial charge in [0.25, 0.3) is 0 Å². The maximum absolute atomic E-state index is 5.96. The van der Waals surface area contributed by atoms with Crippen LogP contribution in [0, 0.1) is 5.92 Å². The first-order chi connectivity index (χ1) is 7.70. The number of nitrogens with zero attached hydrogens (tertiary/aromatic N) is 3. The van der Waals surface area contributed by atoms with Gasteiger partial charge in [0.1, 0.15) is 5.52 Å². The summed E-state index contributed by atoms with van der Waals surface area (Å²) in [6.07, 6.45) is 4.19. The number of fused-ring (bicyclic) bond motifs is 1. The van der Waals surface area contributed by atoms with Crippen LogP contribution in [0.2, 0.25) is 0 Å². The lowest BCUT2D eigenvalue weighted by Gasteiger charge is -2.03. The average molecular weight is 281 g/mol. The lowest BCUT2D eigenvalue weighted by atomic mass is 10.3. The molecule has 1 saturated carbocycles. The van der Waals surface area contributed by atoms with Crippen LogP contribution in [0.3, 0.4) is 0 Å². The van der Waals surface area contributed by atoms with E-state index in [9.17, 15) is 0 Å². The fourth-order valence-electron chi connectivity index (χ4n) is 2.29. The third-order valence-corrected chi connectivity index (χ3v) is 3.70. The van der Waals surface area contributed by atoms with E-state index >= 15 is 0 Å². The quantitative estimate of drug-likeness (QED) is 0.920. The summed E-state index contributed by atoms with van der Waals surface area (Å²) in [5, 5.41) is 0. The minimum atomic E-state index is 0.503. The third-order valence-electron chi connectivity index (χ3n) is 3.27. The summed E-state index contributed by atoms with van der Waals surface area (Å²) in [5.41, 5.74) is 7.73. The summed E-state index contributed by atoms with van der Waals surface area (Å²) in [4.78, 5) is 8.76. The molecule has 0 bridgehead atoms. The van der Waals surface area contributed by atoms with Gasteiger partial charge in [-0.2, -0.15) is 0 Å². The molecule has 0 saturated heterocycles. The Morgan fingerprint density at radius 1 is 1.62 bits per heavy atom. The molecule has 1 aliphatic carbocycles. The highest BCUT2D eigenvalue weighted by Gasteiger charge is 2.39. The highest BCUT2D eigenvalue weighted by Crippen LogP contribution is 2.47. The molecule has 4 nitrogen and oxygen atoms in total. The van der Waals surface area contributed by atoms with Gasteiger partial charge in [0.05, 0.1) is 0 Å². The van der Waals surface area contributed by atoms with Crippen molar-refractivity contribution in [1.29, 1.82) is 0 Å². The maximum Gasteiger partial charge on any atom is 0.202 e. The topological polar surface area (TPSA) is 56.7 Å². The number of anilines is 1. The summed E-state index contributed by atoms with van der Waals surface area (Å²) >= 11 is 3.39. The summed E-state index contributed by atoms with van der Waals surface area (Å²) < 4.78 is 3.02. The Labute approximate surface area is 102 Å². The number of halogens is 1. The third kappa shape index (κ3) is 1.42. The zero-order valence-corrected chi connectivity index (χ0v) is 10.6. The van der Waals surface area contributed by atoms with Crippen LogP contribution in [0.25, 0.3) is 11.2 Å². The molecule has 0 radical (unpaired) electrons. The molecule has 1 aliphatic rings. The smallest absolute Gasteiger partial charge is 0.202 e. The van der Waals surface area contributed by atoms with E-state index in [1.807, 2.05) is 6.07 Å². The highest BCUT2D eigenvalue weighted by atomic mass is 79.9.